The fraction of sp³-hybridized carbons (Fsp3) is 0.300. The molecule has 1 fully saturated rings. The predicted octanol–water partition coefficient (Wildman–Crippen LogP) is 3.41. The highest BCUT2D eigenvalue weighted by atomic mass is 35.5. The fourth-order valence-corrected chi connectivity index (χ4v) is 3.85. The van der Waals surface area contributed by atoms with Gasteiger partial charge in [0.25, 0.3) is 0 Å². The number of anilines is 2. The van der Waals surface area contributed by atoms with Crippen molar-refractivity contribution in [3.63, 3.8) is 0 Å². The molecule has 140 valence electrons. The van der Waals surface area contributed by atoms with E-state index in [1.165, 1.54) is 0 Å². The van der Waals surface area contributed by atoms with E-state index in [-0.39, 0.29) is 6.54 Å². The zero-order valence-corrected chi connectivity index (χ0v) is 15.9. The Hall–Kier alpha value is -2.73. The van der Waals surface area contributed by atoms with Crippen LogP contribution >= 0.6 is 11.6 Å². The van der Waals surface area contributed by atoms with E-state index in [1.54, 1.807) is 4.57 Å². The number of aliphatic carboxylic acids is 1. The van der Waals surface area contributed by atoms with Gasteiger partial charge in [-0.2, -0.15) is 0 Å². The van der Waals surface area contributed by atoms with E-state index in [2.05, 4.69) is 33.0 Å². The van der Waals surface area contributed by atoms with E-state index >= 15 is 0 Å². The Balaban J connectivity index is 1.51. The first kappa shape index (κ1) is 17.7. The average molecular weight is 385 g/mol. The van der Waals surface area contributed by atoms with E-state index in [0.717, 1.165) is 59.4 Å². The minimum atomic E-state index is -0.862. The van der Waals surface area contributed by atoms with Crippen LogP contribution in [0, 0.1) is 6.92 Å². The van der Waals surface area contributed by atoms with Crippen molar-refractivity contribution in [1.29, 1.82) is 0 Å². The lowest BCUT2D eigenvalue weighted by Gasteiger charge is -2.37. The molecule has 0 atom stereocenters. The smallest absolute Gasteiger partial charge is 0.323 e. The van der Waals surface area contributed by atoms with E-state index in [4.69, 9.17) is 16.7 Å². The number of hydrogen-bond acceptors (Lipinski definition) is 4. The van der Waals surface area contributed by atoms with Crippen molar-refractivity contribution < 1.29 is 9.90 Å². The van der Waals surface area contributed by atoms with E-state index in [1.807, 2.05) is 31.2 Å². The molecule has 0 amide bonds. The number of carboxylic acids is 1. The Labute approximate surface area is 162 Å². The van der Waals surface area contributed by atoms with Gasteiger partial charge in [-0.1, -0.05) is 17.7 Å². The maximum Gasteiger partial charge on any atom is 0.323 e. The molecule has 0 spiro atoms. The Morgan fingerprint density at radius 3 is 2.37 bits per heavy atom. The topological polar surface area (TPSA) is 61.6 Å². The number of halogens is 1. The molecule has 27 heavy (non-hydrogen) atoms. The minimum absolute atomic E-state index is 0.0695. The molecule has 0 aliphatic carbocycles. The molecule has 0 bridgehead atoms. The highest BCUT2D eigenvalue weighted by Crippen LogP contribution is 2.26. The van der Waals surface area contributed by atoms with Crippen molar-refractivity contribution in [2.45, 2.75) is 13.5 Å². The second-order valence-electron chi connectivity index (χ2n) is 6.77. The first-order chi connectivity index (χ1) is 13.0. The Bertz CT molecular complexity index is 993. The monoisotopic (exact) mass is 384 g/mol. The first-order valence-electron chi connectivity index (χ1n) is 8.95. The van der Waals surface area contributed by atoms with Gasteiger partial charge >= 0.3 is 5.97 Å². The number of fused-ring (bicyclic) bond motifs is 1. The molecular weight excluding hydrogens is 364 g/mol. The average Bonchev–Trinajstić information content (AvgIpc) is 2.96. The maximum atomic E-state index is 11.1. The van der Waals surface area contributed by atoms with Crippen LogP contribution in [-0.2, 0) is 11.3 Å². The van der Waals surface area contributed by atoms with Crippen LogP contribution in [0.4, 0.5) is 11.4 Å². The zero-order valence-electron chi connectivity index (χ0n) is 15.1. The molecule has 2 heterocycles. The summed E-state index contributed by atoms with van der Waals surface area (Å²) in [6, 6.07) is 14.0. The summed E-state index contributed by atoms with van der Waals surface area (Å²) < 4.78 is 1.73. The number of carboxylic acid groups (broad SMARTS) is 1. The second kappa shape index (κ2) is 7.12. The van der Waals surface area contributed by atoms with Gasteiger partial charge < -0.3 is 19.5 Å². The van der Waals surface area contributed by atoms with Gasteiger partial charge in [-0.25, -0.2) is 4.98 Å². The third-order valence-corrected chi connectivity index (χ3v) is 5.27. The van der Waals surface area contributed by atoms with E-state index < -0.39 is 5.97 Å². The van der Waals surface area contributed by atoms with Crippen molar-refractivity contribution in [2.24, 2.45) is 0 Å². The number of piperazine rings is 1. The van der Waals surface area contributed by atoms with Crippen LogP contribution < -0.4 is 9.80 Å². The number of nitrogens with zero attached hydrogens (tertiary/aromatic N) is 4. The van der Waals surface area contributed by atoms with Crippen molar-refractivity contribution in [3.8, 4) is 0 Å². The molecular formula is C20H21ClN4O2. The molecule has 0 unspecified atom stereocenters. The van der Waals surface area contributed by atoms with Crippen LogP contribution in [0.1, 0.15) is 5.82 Å². The van der Waals surface area contributed by atoms with Crippen LogP contribution in [-0.4, -0.2) is 46.8 Å². The second-order valence-corrected chi connectivity index (χ2v) is 7.20. The highest BCUT2D eigenvalue weighted by Gasteiger charge is 2.19. The summed E-state index contributed by atoms with van der Waals surface area (Å²) in [4.78, 5) is 20.3. The number of carbonyl (C=O) groups is 1. The van der Waals surface area contributed by atoms with Crippen LogP contribution in [0.3, 0.4) is 0 Å². The third-order valence-electron chi connectivity index (χ3n) is 5.03. The molecule has 1 N–H and O–H groups in total. The SMILES string of the molecule is Cc1nc2cc(N3CCN(c4cccc(Cl)c4)CC3)ccc2n1CC(=O)O. The minimum Gasteiger partial charge on any atom is -0.480 e. The summed E-state index contributed by atoms with van der Waals surface area (Å²) in [7, 11) is 0. The molecule has 0 radical (unpaired) electrons. The van der Waals surface area contributed by atoms with Gasteiger partial charge in [-0.15, -0.1) is 0 Å². The Morgan fingerprint density at radius 1 is 1.07 bits per heavy atom. The Morgan fingerprint density at radius 2 is 1.74 bits per heavy atom. The number of benzene rings is 2. The lowest BCUT2D eigenvalue weighted by Crippen LogP contribution is -2.46. The molecule has 0 saturated carbocycles. The maximum absolute atomic E-state index is 11.1. The number of rotatable bonds is 4. The Kier molecular flexibility index (Phi) is 4.66. The molecule has 1 aliphatic rings. The number of imidazole rings is 1. The summed E-state index contributed by atoms with van der Waals surface area (Å²) in [6.07, 6.45) is 0. The molecule has 3 aromatic rings. The van der Waals surface area contributed by atoms with E-state index in [0.29, 0.717) is 0 Å². The summed E-state index contributed by atoms with van der Waals surface area (Å²) >= 11 is 6.11. The first-order valence-corrected chi connectivity index (χ1v) is 9.33. The van der Waals surface area contributed by atoms with E-state index in [9.17, 15) is 4.79 Å². The molecule has 2 aromatic carbocycles. The normalized spacial score (nSPS) is 14.7. The number of aryl methyl sites for hydroxylation is 1. The predicted molar refractivity (Wildman–Crippen MR) is 108 cm³/mol. The van der Waals surface area contributed by atoms with Crippen LogP contribution in [0.25, 0.3) is 11.0 Å². The number of hydrogen-bond donors (Lipinski definition) is 1. The van der Waals surface area contributed by atoms with Crippen molar-refractivity contribution in [3.05, 3.63) is 53.3 Å². The zero-order chi connectivity index (χ0) is 19.0. The largest absolute Gasteiger partial charge is 0.480 e. The van der Waals surface area contributed by atoms with Crippen molar-refractivity contribution in [2.75, 3.05) is 36.0 Å². The van der Waals surface area contributed by atoms with Gasteiger partial charge in [0.1, 0.15) is 12.4 Å². The van der Waals surface area contributed by atoms with Gasteiger partial charge in [0.05, 0.1) is 11.0 Å². The lowest BCUT2D eigenvalue weighted by atomic mass is 10.2. The third kappa shape index (κ3) is 3.57. The molecule has 1 aliphatic heterocycles. The van der Waals surface area contributed by atoms with Crippen molar-refractivity contribution in [1.82, 2.24) is 9.55 Å². The van der Waals surface area contributed by atoms with Crippen LogP contribution in [0.5, 0.6) is 0 Å². The summed E-state index contributed by atoms with van der Waals surface area (Å²) in [6.45, 7) is 5.43. The quantitative estimate of drug-likeness (QED) is 0.746. The molecule has 4 rings (SSSR count). The van der Waals surface area contributed by atoms with Gasteiger partial charge in [-0.05, 0) is 43.3 Å². The summed E-state index contributed by atoms with van der Waals surface area (Å²) in [5.74, 6) is -0.145. The van der Waals surface area contributed by atoms with Crippen LogP contribution in [0.15, 0.2) is 42.5 Å². The fourth-order valence-electron chi connectivity index (χ4n) is 3.67. The van der Waals surface area contributed by atoms with Crippen LogP contribution in [0.2, 0.25) is 5.02 Å². The van der Waals surface area contributed by atoms with Gasteiger partial charge in [0.2, 0.25) is 0 Å². The summed E-state index contributed by atoms with van der Waals surface area (Å²) in [5, 5.41) is 9.85. The van der Waals surface area contributed by atoms with Crippen molar-refractivity contribution >= 4 is 40.0 Å². The van der Waals surface area contributed by atoms with Gasteiger partial charge in [0.15, 0.2) is 0 Å². The number of aromatic nitrogens is 2. The molecule has 1 aromatic heterocycles. The lowest BCUT2D eigenvalue weighted by molar-refractivity contribution is -0.137. The standard InChI is InChI=1S/C20H21ClN4O2/c1-14-22-18-12-17(5-6-19(18)25(14)13-20(26)27)24-9-7-23(8-10-24)16-4-2-3-15(21)11-16/h2-6,11-12H,7-10,13H2,1H3,(H,26,27). The molecule has 7 heteroatoms. The van der Waals surface area contributed by atoms with Gasteiger partial charge in [0, 0.05) is 42.6 Å². The molecule has 1 saturated heterocycles. The highest BCUT2D eigenvalue weighted by molar-refractivity contribution is 6.30. The summed E-state index contributed by atoms with van der Waals surface area (Å²) in [5.41, 5.74) is 3.97. The molecule has 6 nitrogen and oxygen atoms in total. The van der Waals surface area contributed by atoms with Gasteiger partial charge in [-0.3, -0.25) is 4.79 Å².